The van der Waals surface area contributed by atoms with Crippen molar-refractivity contribution >= 4 is 11.7 Å². The highest BCUT2D eigenvalue weighted by atomic mass is 16.5. The highest BCUT2D eigenvalue weighted by Crippen LogP contribution is 2.13. The Balaban J connectivity index is 2.44. The summed E-state index contributed by atoms with van der Waals surface area (Å²) >= 11 is 0. The van der Waals surface area contributed by atoms with Gasteiger partial charge >= 0.3 is 5.97 Å². The number of hydrogen-bond acceptors (Lipinski definition) is 2. The summed E-state index contributed by atoms with van der Waals surface area (Å²) in [6.45, 7) is 11.5. The van der Waals surface area contributed by atoms with Gasteiger partial charge in [-0.05, 0) is 12.3 Å². The lowest BCUT2D eigenvalue weighted by atomic mass is 10.1. The summed E-state index contributed by atoms with van der Waals surface area (Å²) in [5.74, 6) is 0.261. The van der Waals surface area contributed by atoms with E-state index >= 15 is 0 Å². The van der Waals surface area contributed by atoms with Crippen molar-refractivity contribution in [1.29, 1.82) is 0 Å². The van der Waals surface area contributed by atoms with Crippen LogP contribution in [0.3, 0.4) is 0 Å². The maximum Gasteiger partial charge on any atom is 0.338 e. The molecule has 0 unspecified atom stereocenters. The van der Waals surface area contributed by atoms with E-state index in [0.29, 0.717) is 23.8 Å². The van der Waals surface area contributed by atoms with Crippen LogP contribution in [0.2, 0.25) is 0 Å². The van der Waals surface area contributed by atoms with Crippen molar-refractivity contribution in [3.05, 3.63) is 41.2 Å². The molecule has 0 saturated heterocycles. The zero-order valence-electron chi connectivity index (χ0n) is 10.3. The number of nitrogens with zero attached hydrogens (tertiary/aromatic N) is 1. The number of carbonyl (C=O) groups is 1. The van der Waals surface area contributed by atoms with Crippen LogP contribution in [-0.4, -0.2) is 12.6 Å². The van der Waals surface area contributed by atoms with Crippen molar-refractivity contribution in [2.24, 2.45) is 5.92 Å². The minimum atomic E-state index is -0.315. The van der Waals surface area contributed by atoms with Crippen LogP contribution in [0.25, 0.3) is 4.85 Å². The summed E-state index contributed by atoms with van der Waals surface area (Å²) in [6.07, 6.45) is 1.99. The van der Waals surface area contributed by atoms with Crippen LogP contribution in [0, 0.1) is 12.5 Å². The fraction of sp³-hybridized carbons (Fsp3) is 0.429. The zero-order valence-corrected chi connectivity index (χ0v) is 10.3. The lowest BCUT2D eigenvalue weighted by molar-refractivity contribution is 0.0485. The van der Waals surface area contributed by atoms with Crippen LogP contribution in [0.15, 0.2) is 24.3 Å². The van der Waals surface area contributed by atoms with Gasteiger partial charge in [-0.2, -0.15) is 0 Å². The van der Waals surface area contributed by atoms with Gasteiger partial charge in [0.25, 0.3) is 0 Å². The second-order valence-electron chi connectivity index (χ2n) is 4.10. The number of esters is 1. The maximum absolute atomic E-state index is 11.6. The Kier molecular flexibility index (Phi) is 5.22. The van der Waals surface area contributed by atoms with Crippen LogP contribution < -0.4 is 0 Å². The van der Waals surface area contributed by atoms with E-state index in [0.717, 1.165) is 12.8 Å². The van der Waals surface area contributed by atoms with E-state index in [1.165, 1.54) is 0 Å². The molecule has 0 bridgehead atoms. The molecule has 0 aromatic heterocycles. The normalized spacial score (nSPS) is 11.6. The molecule has 0 spiro atoms. The van der Waals surface area contributed by atoms with Gasteiger partial charge in [0.2, 0.25) is 0 Å². The van der Waals surface area contributed by atoms with Crippen LogP contribution in [0.1, 0.15) is 37.0 Å². The molecule has 1 atom stereocenters. The molecule has 0 aliphatic heterocycles. The van der Waals surface area contributed by atoms with Gasteiger partial charge in [0.15, 0.2) is 5.69 Å². The van der Waals surface area contributed by atoms with Crippen molar-refractivity contribution < 1.29 is 9.53 Å². The molecule has 3 heteroatoms. The predicted molar refractivity (Wildman–Crippen MR) is 67.1 cm³/mol. The highest BCUT2D eigenvalue weighted by Gasteiger charge is 2.07. The lowest BCUT2D eigenvalue weighted by Crippen LogP contribution is -2.08. The number of carbonyl (C=O) groups excluding carboxylic acids is 1. The number of ether oxygens (including phenoxy) is 1. The molecule has 1 rings (SSSR count). The maximum atomic E-state index is 11.6. The van der Waals surface area contributed by atoms with Crippen molar-refractivity contribution in [1.82, 2.24) is 0 Å². The second-order valence-corrected chi connectivity index (χ2v) is 4.10. The zero-order chi connectivity index (χ0) is 12.7. The molecule has 0 fully saturated rings. The Labute approximate surface area is 102 Å². The Morgan fingerprint density at radius 3 is 2.59 bits per heavy atom. The van der Waals surface area contributed by atoms with Crippen molar-refractivity contribution in [2.75, 3.05) is 6.61 Å². The molecule has 0 radical (unpaired) electrons. The second kappa shape index (κ2) is 6.70. The standard InChI is InChI=1S/C14H17NO2/c1-4-11(2)9-10-17-14(16)12-5-7-13(15-3)8-6-12/h5-8,11H,4,9-10H2,1-2H3/t11-/m0/s1. The van der Waals surface area contributed by atoms with Gasteiger partial charge in [-0.25, -0.2) is 9.64 Å². The van der Waals surface area contributed by atoms with Crippen molar-refractivity contribution in [2.45, 2.75) is 26.7 Å². The topological polar surface area (TPSA) is 30.7 Å². The summed E-state index contributed by atoms with van der Waals surface area (Å²) in [5, 5.41) is 0. The van der Waals surface area contributed by atoms with Gasteiger partial charge in [0.05, 0.1) is 18.7 Å². The van der Waals surface area contributed by atoms with Crippen LogP contribution in [0.4, 0.5) is 5.69 Å². The van der Waals surface area contributed by atoms with Crippen LogP contribution in [0.5, 0.6) is 0 Å². The fourth-order valence-corrected chi connectivity index (χ4v) is 1.31. The van der Waals surface area contributed by atoms with Crippen LogP contribution in [-0.2, 0) is 4.74 Å². The first-order valence-electron chi connectivity index (χ1n) is 5.82. The fourth-order valence-electron chi connectivity index (χ4n) is 1.31. The van der Waals surface area contributed by atoms with Gasteiger partial charge in [-0.15, -0.1) is 0 Å². The van der Waals surface area contributed by atoms with E-state index in [9.17, 15) is 4.79 Å². The molecule has 0 N–H and O–H groups in total. The molecule has 17 heavy (non-hydrogen) atoms. The van der Waals surface area contributed by atoms with Gasteiger partial charge < -0.3 is 4.74 Å². The van der Waals surface area contributed by atoms with Crippen molar-refractivity contribution in [3.63, 3.8) is 0 Å². The van der Waals surface area contributed by atoms with E-state index in [2.05, 4.69) is 18.7 Å². The molecular formula is C14H17NO2. The molecule has 0 saturated carbocycles. The summed E-state index contributed by atoms with van der Waals surface area (Å²) < 4.78 is 5.16. The summed E-state index contributed by atoms with van der Waals surface area (Å²) in [7, 11) is 0. The van der Waals surface area contributed by atoms with E-state index in [-0.39, 0.29) is 5.97 Å². The first kappa shape index (κ1) is 13.2. The monoisotopic (exact) mass is 231 g/mol. The van der Waals surface area contributed by atoms with E-state index in [4.69, 9.17) is 11.3 Å². The molecule has 1 aromatic rings. The highest BCUT2D eigenvalue weighted by molar-refractivity contribution is 5.89. The molecule has 3 nitrogen and oxygen atoms in total. The minimum absolute atomic E-state index is 0.315. The largest absolute Gasteiger partial charge is 0.462 e. The lowest BCUT2D eigenvalue weighted by Gasteiger charge is -2.08. The smallest absolute Gasteiger partial charge is 0.338 e. The van der Waals surface area contributed by atoms with Gasteiger partial charge in [0, 0.05) is 0 Å². The Bertz CT molecular complexity index is 403. The first-order chi connectivity index (χ1) is 8.17. The Morgan fingerprint density at radius 1 is 1.41 bits per heavy atom. The third-order valence-corrected chi connectivity index (χ3v) is 2.77. The molecule has 1 aromatic carbocycles. The van der Waals surface area contributed by atoms with Crippen molar-refractivity contribution in [3.8, 4) is 0 Å². The van der Waals surface area contributed by atoms with Crippen LogP contribution >= 0.6 is 0 Å². The van der Waals surface area contributed by atoms with Gasteiger partial charge in [0.1, 0.15) is 0 Å². The number of benzene rings is 1. The summed E-state index contributed by atoms with van der Waals surface area (Å²) in [6, 6.07) is 6.49. The molecule has 0 heterocycles. The number of hydrogen-bond donors (Lipinski definition) is 0. The van der Waals surface area contributed by atoms with E-state index in [1.807, 2.05) is 0 Å². The summed E-state index contributed by atoms with van der Waals surface area (Å²) in [4.78, 5) is 14.9. The number of rotatable bonds is 5. The van der Waals surface area contributed by atoms with Gasteiger partial charge in [-0.1, -0.05) is 44.5 Å². The molecule has 0 aliphatic carbocycles. The molecule has 0 amide bonds. The average molecular weight is 231 g/mol. The third kappa shape index (κ3) is 4.28. The quantitative estimate of drug-likeness (QED) is 0.569. The predicted octanol–water partition coefficient (Wildman–Crippen LogP) is 3.83. The first-order valence-corrected chi connectivity index (χ1v) is 5.82. The summed E-state index contributed by atoms with van der Waals surface area (Å²) in [5.41, 5.74) is 1.03. The average Bonchev–Trinajstić information content (AvgIpc) is 2.38. The van der Waals surface area contributed by atoms with E-state index < -0.39 is 0 Å². The minimum Gasteiger partial charge on any atom is -0.462 e. The molecule has 0 aliphatic rings. The van der Waals surface area contributed by atoms with Gasteiger partial charge in [-0.3, -0.25) is 0 Å². The Morgan fingerprint density at radius 2 is 2.06 bits per heavy atom. The Hall–Kier alpha value is -1.82. The molecule has 90 valence electrons. The third-order valence-electron chi connectivity index (χ3n) is 2.77. The SMILES string of the molecule is [C-]#[N+]c1ccc(C(=O)OCC[C@@H](C)CC)cc1. The van der Waals surface area contributed by atoms with E-state index in [1.54, 1.807) is 24.3 Å². The molecular weight excluding hydrogens is 214 g/mol.